The lowest BCUT2D eigenvalue weighted by molar-refractivity contribution is 0.0694. The molecule has 0 spiro atoms. The molecule has 0 bridgehead atoms. The van der Waals surface area contributed by atoms with Crippen molar-refractivity contribution in [3.8, 4) is 5.75 Å². The Morgan fingerprint density at radius 3 is 2.40 bits per heavy atom. The van der Waals surface area contributed by atoms with Crippen molar-refractivity contribution in [1.82, 2.24) is 0 Å². The van der Waals surface area contributed by atoms with Gasteiger partial charge in [0.1, 0.15) is 5.75 Å². The van der Waals surface area contributed by atoms with E-state index in [1.54, 1.807) is 0 Å². The van der Waals surface area contributed by atoms with Gasteiger partial charge in [-0.1, -0.05) is 13.8 Å². The summed E-state index contributed by atoms with van der Waals surface area (Å²) in [5.74, 6) is -0.656. The number of aromatic carboxylic acids is 1. The predicted molar refractivity (Wildman–Crippen MR) is 56.7 cm³/mol. The third-order valence-electron chi connectivity index (χ3n) is 1.62. The lowest BCUT2D eigenvalue weighted by Gasteiger charge is -2.02. The minimum atomic E-state index is -1.12. The van der Waals surface area contributed by atoms with Gasteiger partial charge < -0.3 is 9.84 Å². The van der Waals surface area contributed by atoms with Crippen LogP contribution in [0, 0.1) is 0 Å². The van der Waals surface area contributed by atoms with Crippen LogP contribution in [0.15, 0.2) is 18.2 Å². The van der Waals surface area contributed by atoms with Crippen LogP contribution in [0.1, 0.15) is 34.6 Å². The number of hydrogen-bond donors (Lipinski definition) is 1. The van der Waals surface area contributed by atoms with Gasteiger partial charge in [0.2, 0.25) is 0 Å². The molecule has 1 aromatic carbocycles. The fourth-order valence-electron chi connectivity index (χ4n) is 0.960. The molecule has 0 radical (unpaired) electrons. The van der Waals surface area contributed by atoms with E-state index in [1.165, 1.54) is 25.3 Å². The van der Waals surface area contributed by atoms with E-state index < -0.39 is 5.97 Å². The molecule has 0 aliphatic heterocycles. The molecule has 0 amide bonds. The summed E-state index contributed by atoms with van der Waals surface area (Å²) >= 11 is 0. The number of hydrogen-bond acceptors (Lipinski definition) is 3. The molecule has 15 heavy (non-hydrogen) atoms. The Morgan fingerprint density at radius 2 is 2.00 bits per heavy atom. The second-order valence-corrected chi connectivity index (χ2v) is 2.38. The third-order valence-corrected chi connectivity index (χ3v) is 1.62. The summed E-state index contributed by atoms with van der Waals surface area (Å²) in [7, 11) is 1.45. The molecule has 1 aromatic rings. The molecule has 1 rings (SSSR count). The summed E-state index contributed by atoms with van der Waals surface area (Å²) in [6.45, 7) is 4.00. The number of benzene rings is 1. The fourth-order valence-corrected chi connectivity index (χ4v) is 0.960. The monoisotopic (exact) mass is 210 g/mol. The Labute approximate surface area is 88.5 Å². The van der Waals surface area contributed by atoms with E-state index >= 15 is 0 Å². The van der Waals surface area contributed by atoms with Crippen LogP contribution in [0.3, 0.4) is 0 Å². The van der Waals surface area contributed by atoms with Gasteiger partial charge in [0.25, 0.3) is 0 Å². The van der Waals surface area contributed by atoms with Crippen molar-refractivity contribution in [3.05, 3.63) is 29.3 Å². The van der Waals surface area contributed by atoms with E-state index in [-0.39, 0.29) is 11.1 Å². The van der Waals surface area contributed by atoms with Crippen LogP contribution in [-0.4, -0.2) is 24.5 Å². The fraction of sp³-hybridized carbons (Fsp3) is 0.273. The Hall–Kier alpha value is -1.84. The minimum absolute atomic E-state index is 0.0178. The lowest BCUT2D eigenvalue weighted by Crippen LogP contribution is -2.01. The summed E-state index contributed by atoms with van der Waals surface area (Å²) in [4.78, 5) is 21.1. The molecule has 0 saturated carbocycles. The number of carboxylic acid groups (broad SMARTS) is 1. The molecule has 0 aliphatic carbocycles. The van der Waals surface area contributed by atoms with Crippen molar-refractivity contribution in [2.24, 2.45) is 0 Å². The highest BCUT2D eigenvalue weighted by molar-refractivity contribution is 5.97. The maximum absolute atomic E-state index is 10.6. The maximum Gasteiger partial charge on any atom is 0.336 e. The zero-order valence-corrected chi connectivity index (χ0v) is 8.98. The van der Waals surface area contributed by atoms with Gasteiger partial charge in [-0.15, -0.1) is 0 Å². The van der Waals surface area contributed by atoms with Crippen molar-refractivity contribution in [2.45, 2.75) is 13.8 Å². The molecular weight excluding hydrogens is 196 g/mol. The Balaban J connectivity index is 0.000000921. The van der Waals surface area contributed by atoms with Crippen LogP contribution in [0.4, 0.5) is 0 Å². The molecule has 0 saturated heterocycles. The van der Waals surface area contributed by atoms with Crippen LogP contribution in [0.25, 0.3) is 0 Å². The van der Waals surface area contributed by atoms with Crippen LogP contribution >= 0.6 is 0 Å². The topological polar surface area (TPSA) is 63.6 Å². The number of ether oxygens (including phenoxy) is 1. The Bertz CT molecular complexity index is 344. The average molecular weight is 210 g/mol. The molecule has 0 fully saturated rings. The van der Waals surface area contributed by atoms with Crippen LogP contribution in [0.2, 0.25) is 0 Å². The largest absolute Gasteiger partial charge is 0.497 e. The summed E-state index contributed by atoms with van der Waals surface area (Å²) in [6, 6.07) is 4.22. The van der Waals surface area contributed by atoms with Crippen molar-refractivity contribution in [1.29, 1.82) is 0 Å². The van der Waals surface area contributed by atoms with Gasteiger partial charge in [-0.2, -0.15) is 0 Å². The molecule has 0 aliphatic rings. The van der Waals surface area contributed by atoms with Crippen molar-refractivity contribution < 1.29 is 19.4 Å². The zero-order valence-electron chi connectivity index (χ0n) is 8.98. The summed E-state index contributed by atoms with van der Waals surface area (Å²) in [5, 5.41) is 8.66. The number of carbonyl (C=O) groups excluding carboxylic acids is 1. The highest BCUT2D eigenvalue weighted by Crippen LogP contribution is 2.15. The summed E-state index contributed by atoms with van der Waals surface area (Å²) in [6.07, 6.45) is 0.492. The van der Waals surface area contributed by atoms with E-state index in [9.17, 15) is 9.59 Å². The Morgan fingerprint density at radius 1 is 1.40 bits per heavy atom. The minimum Gasteiger partial charge on any atom is -0.497 e. The first-order chi connectivity index (χ1) is 7.19. The van der Waals surface area contributed by atoms with Crippen LogP contribution < -0.4 is 4.74 Å². The van der Waals surface area contributed by atoms with Gasteiger partial charge in [-0.3, -0.25) is 4.79 Å². The van der Waals surface area contributed by atoms with Crippen molar-refractivity contribution >= 4 is 12.3 Å². The van der Waals surface area contributed by atoms with E-state index in [0.29, 0.717) is 12.0 Å². The SMILES string of the molecule is CC.COc1ccc(C(=O)O)c(C=O)c1. The molecule has 0 atom stereocenters. The van der Waals surface area contributed by atoms with Gasteiger partial charge in [-0.05, 0) is 18.2 Å². The lowest BCUT2D eigenvalue weighted by atomic mass is 10.1. The highest BCUT2D eigenvalue weighted by atomic mass is 16.5. The van der Waals surface area contributed by atoms with Gasteiger partial charge >= 0.3 is 5.97 Å². The van der Waals surface area contributed by atoms with Crippen LogP contribution in [-0.2, 0) is 0 Å². The predicted octanol–water partition coefficient (Wildman–Crippen LogP) is 2.23. The Kier molecular flexibility index (Phi) is 5.78. The number of rotatable bonds is 3. The van der Waals surface area contributed by atoms with E-state index in [4.69, 9.17) is 9.84 Å². The van der Waals surface area contributed by atoms with Gasteiger partial charge in [-0.25, -0.2) is 4.79 Å². The molecule has 0 unspecified atom stereocenters. The second-order valence-electron chi connectivity index (χ2n) is 2.38. The molecule has 4 heteroatoms. The smallest absolute Gasteiger partial charge is 0.336 e. The van der Waals surface area contributed by atoms with Crippen LogP contribution in [0.5, 0.6) is 5.75 Å². The molecule has 1 N–H and O–H groups in total. The highest BCUT2D eigenvalue weighted by Gasteiger charge is 2.09. The number of methoxy groups -OCH3 is 1. The standard InChI is InChI=1S/C9H8O4.C2H6/c1-13-7-2-3-8(9(11)12)6(4-7)5-10;1-2/h2-5H,1H3,(H,11,12);1-2H3. The van der Waals surface area contributed by atoms with Crippen molar-refractivity contribution in [3.63, 3.8) is 0 Å². The second kappa shape index (κ2) is 6.59. The first-order valence-electron chi connectivity index (χ1n) is 4.55. The first kappa shape index (κ1) is 13.2. The molecular formula is C11H14O4. The van der Waals surface area contributed by atoms with Gasteiger partial charge in [0.15, 0.2) is 6.29 Å². The average Bonchev–Trinajstić information content (AvgIpc) is 2.30. The zero-order chi connectivity index (χ0) is 11.8. The van der Waals surface area contributed by atoms with Gasteiger partial charge in [0, 0.05) is 5.56 Å². The summed E-state index contributed by atoms with van der Waals surface area (Å²) in [5.41, 5.74) is 0.0997. The van der Waals surface area contributed by atoms with E-state index in [1.807, 2.05) is 13.8 Å². The number of carboxylic acids is 1. The quantitative estimate of drug-likeness (QED) is 0.777. The van der Waals surface area contributed by atoms with Crippen molar-refractivity contribution in [2.75, 3.05) is 7.11 Å². The molecule has 0 aromatic heterocycles. The number of carbonyl (C=O) groups is 2. The molecule has 4 nitrogen and oxygen atoms in total. The maximum atomic E-state index is 10.6. The number of aldehydes is 1. The van der Waals surface area contributed by atoms with E-state index in [0.717, 1.165) is 0 Å². The summed E-state index contributed by atoms with van der Waals surface area (Å²) < 4.78 is 4.84. The normalized spacial score (nSPS) is 8.47. The molecule has 0 heterocycles. The third kappa shape index (κ3) is 3.42. The first-order valence-corrected chi connectivity index (χ1v) is 4.55. The molecule has 82 valence electrons. The van der Waals surface area contributed by atoms with Gasteiger partial charge in [0.05, 0.1) is 12.7 Å². The van der Waals surface area contributed by atoms with E-state index in [2.05, 4.69) is 0 Å².